The predicted octanol–water partition coefficient (Wildman–Crippen LogP) is 2.35. The first-order valence-corrected chi connectivity index (χ1v) is 5.80. The van der Waals surface area contributed by atoms with Gasteiger partial charge in [0.15, 0.2) is 0 Å². The number of hydrogen-bond acceptors (Lipinski definition) is 2. The molecule has 2 heteroatoms. The number of rotatable bonds is 7. The Morgan fingerprint density at radius 3 is 2.29 bits per heavy atom. The van der Waals surface area contributed by atoms with Crippen molar-refractivity contribution in [3.8, 4) is 0 Å². The Hall–Kier alpha value is -0.0800. The predicted molar refractivity (Wildman–Crippen MR) is 64.7 cm³/mol. The highest BCUT2D eigenvalue weighted by atomic mass is 15.1. The molecule has 1 atom stereocenters. The quantitative estimate of drug-likeness (QED) is 0.678. The second-order valence-electron chi connectivity index (χ2n) is 5.10. The van der Waals surface area contributed by atoms with Crippen LogP contribution in [-0.2, 0) is 0 Å². The van der Waals surface area contributed by atoms with Gasteiger partial charge in [0, 0.05) is 19.1 Å². The van der Waals surface area contributed by atoms with Gasteiger partial charge in [0.2, 0.25) is 0 Å². The Kier molecular flexibility index (Phi) is 6.38. The van der Waals surface area contributed by atoms with E-state index in [1.54, 1.807) is 0 Å². The van der Waals surface area contributed by atoms with Crippen LogP contribution in [0.15, 0.2) is 0 Å². The summed E-state index contributed by atoms with van der Waals surface area (Å²) in [4.78, 5) is 2.44. The zero-order valence-corrected chi connectivity index (χ0v) is 10.9. The van der Waals surface area contributed by atoms with E-state index in [1.807, 2.05) is 7.05 Å². The van der Waals surface area contributed by atoms with Crippen LogP contribution in [0, 0.1) is 5.41 Å². The van der Waals surface area contributed by atoms with E-state index in [4.69, 9.17) is 0 Å². The Morgan fingerprint density at radius 2 is 1.93 bits per heavy atom. The fourth-order valence-corrected chi connectivity index (χ4v) is 2.04. The molecule has 2 nitrogen and oxygen atoms in total. The summed E-state index contributed by atoms with van der Waals surface area (Å²) in [5.74, 6) is 0. The Labute approximate surface area is 90.1 Å². The lowest BCUT2D eigenvalue weighted by Gasteiger charge is -2.35. The van der Waals surface area contributed by atoms with Crippen molar-refractivity contribution in [1.29, 1.82) is 0 Å². The van der Waals surface area contributed by atoms with Gasteiger partial charge in [0.1, 0.15) is 0 Å². The highest BCUT2D eigenvalue weighted by Gasteiger charge is 2.24. The third kappa shape index (κ3) is 4.97. The molecule has 0 amide bonds. The molecule has 0 aliphatic carbocycles. The van der Waals surface area contributed by atoms with Crippen molar-refractivity contribution in [2.45, 2.75) is 46.6 Å². The topological polar surface area (TPSA) is 15.3 Å². The van der Waals surface area contributed by atoms with E-state index in [-0.39, 0.29) is 0 Å². The standard InChI is InChI=1S/C12H28N2/c1-7-8-12(4,9-13-5)10-14(6)11(2)3/h11,13H,7-10H2,1-6H3. The van der Waals surface area contributed by atoms with Gasteiger partial charge in [0.05, 0.1) is 0 Å². The molecule has 0 rings (SSSR count). The number of hydrogen-bond donors (Lipinski definition) is 1. The van der Waals surface area contributed by atoms with Gasteiger partial charge in [-0.15, -0.1) is 0 Å². The van der Waals surface area contributed by atoms with Gasteiger partial charge in [-0.3, -0.25) is 0 Å². The molecule has 0 aliphatic heterocycles. The minimum atomic E-state index is 0.419. The van der Waals surface area contributed by atoms with Crippen molar-refractivity contribution in [2.24, 2.45) is 5.41 Å². The lowest BCUT2D eigenvalue weighted by atomic mass is 9.84. The Balaban J connectivity index is 4.20. The van der Waals surface area contributed by atoms with E-state index in [1.165, 1.54) is 19.4 Å². The second kappa shape index (κ2) is 6.41. The molecule has 0 aromatic rings. The summed E-state index contributed by atoms with van der Waals surface area (Å²) in [6.07, 6.45) is 2.56. The second-order valence-corrected chi connectivity index (χ2v) is 5.10. The first-order valence-electron chi connectivity index (χ1n) is 5.80. The van der Waals surface area contributed by atoms with Crippen LogP contribution >= 0.6 is 0 Å². The normalized spacial score (nSPS) is 16.3. The van der Waals surface area contributed by atoms with Gasteiger partial charge < -0.3 is 10.2 Å². The molecular formula is C12H28N2. The molecule has 86 valence electrons. The van der Waals surface area contributed by atoms with Gasteiger partial charge in [-0.05, 0) is 39.8 Å². The zero-order chi connectivity index (χ0) is 11.2. The third-order valence-electron chi connectivity index (χ3n) is 2.97. The maximum Gasteiger partial charge on any atom is 0.00471 e. The smallest absolute Gasteiger partial charge is 0.00471 e. The zero-order valence-electron chi connectivity index (χ0n) is 10.9. The molecule has 1 N–H and O–H groups in total. The lowest BCUT2D eigenvalue weighted by molar-refractivity contribution is 0.151. The summed E-state index contributed by atoms with van der Waals surface area (Å²) in [7, 11) is 4.26. The largest absolute Gasteiger partial charge is 0.319 e. The van der Waals surface area contributed by atoms with Gasteiger partial charge >= 0.3 is 0 Å². The first kappa shape index (κ1) is 13.9. The van der Waals surface area contributed by atoms with Crippen LogP contribution in [0.2, 0.25) is 0 Å². The van der Waals surface area contributed by atoms with Crippen LogP contribution < -0.4 is 5.32 Å². The monoisotopic (exact) mass is 200 g/mol. The van der Waals surface area contributed by atoms with E-state index >= 15 is 0 Å². The van der Waals surface area contributed by atoms with Crippen molar-refractivity contribution in [3.05, 3.63) is 0 Å². The van der Waals surface area contributed by atoms with Gasteiger partial charge in [-0.2, -0.15) is 0 Å². The molecule has 14 heavy (non-hydrogen) atoms. The summed E-state index contributed by atoms with van der Waals surface area (Å²) in [5, 5.41) is 3.31. The van der Waals surface area contributed by atoms with Crippen molar-refractivity contribution in [1.82, 2.24) is 10.2 Å². The lowest BCUT2D eigenvalue weighted by Crippen LogP contribution is -2.42. The maximum atomic E-state index is 3.31. The highest BCUT2D eigenvalue weighted by Crippen LogP contribution is 2.23. The Morgan fingerprint density at radius 1 is 1.36 bits per heavy atom. The first-order chi connectivity index (χ1) is 6.45. The van der Waals surface area contributed by atoms with E-state index in [2.05, 4.69) is 45.0 Å². The maximum absolute atomic E-state index is 3.31. The molecular weight excluding hydrogens is 172 g/mol. The van der Waals surface area contributed by atoms with Crippen molar-refractivity contribution >= 4 is 0 Å². The molecule has 0 saturated heterocycles. The minimum Gasteiger partial charge on any atom is -0.319 e. The van der Waals surface area contributed by atoms with Crippen LogP contribution in [0.4, 0.5) is 0 Å². The van der Waals surface area contributed by atoms with Crippen LogP contribution in [-0.4, -0.2) is 38.1 Å². The van der Waals surface area contributed by atoms with Crippen LogP contribution in [0.1, 0.15) is 40.5 Å². The molecule has 0 saturated carbocycles. The minimum absolute atomic E-state index is 0.419. The van der Waals surface area contributed by atoms with Crippen LogP contribution in [0.5, 0.6) is 0 Å². The molecule has 0 bridgehead atoms. The summed E-state index contributed by atoms with van der Waals surface area (Å²) < 4.78 is 0. The number of nitrogens with zero attached hydrogens (tertiary/aromatic N) is 1. The van der Waals surface area contributed by atoms with E-state index in [0.29, 0.717) is 11.5 Å². The number of nitrogens with one attached hydrogen (secondary N) is 1. The molecule has 0 fully saturated rings. The molecule has 0 spiro atoms. The van der Waals surface area contributed by atoms with Gasteiger partial charge in [-0.1, -0.05) is 20.3 Å². The van der Waals surface area contributed by atoms with Crippen LogP contribution in [0.3, 0.4) is 0 Å². The van der Waals surface area contributed by atoms with Gasteiger partial charge in [-0.25, -0.2) is 0 Å². The molecule has 0 heterocycles. The van der Waals surface area contributed by atoms with Crippen molar-refractivity contribution < 1.29 is 0 Å². The van der Waals surface area contributed by atoms with E-state index in [0.717, 1.165) is 6.54 Å². The molecule has 0 radical (unpaired) electrons. The van der Waals surface area contributed by atoms with Crippen molar-refractivity contribution in [3.63, 3.8) is 0 Å². The summed E-state index contributed by atoms with van der Waals surface area (Å²) >= 11 is 0. The summed E-state index contributed by atoms with van der Waals surface area (Å²) in [6.45, 7) is 11.4. The van der Waals surface area contributed by atoms with Crippen molar-refractivity contribution in [2.75, 3.05) is 27.2 Å². The third-order valence-corrected chi connectivity index (χ3v) is 2.97. The Bertz CT molecular complexity index is 137. The van der Waals surface area contributed by atoms with E-state index < -0.39 is 0 Å². The summed E-state index contributed by atoms with van der Waals surface area (Å²) in [6, 6.07) is 0.642. The average molecular weight is 200 g/mol. The molecule has 0 aliphatic rings. The SMILES string of the molecule is CCCC(C)(CNC)CN(C)C(C)C. The molecule has 1 unspecified atom stereocenters. The van der Waals surface area contributed by atoms with E-state index in [9.17, 15) is 0 Å². The van der Waals surface area contributed by atoms with Crippen LogP contribution in [0.25, 0.3) is 0 Å². The summed E-state index contributed by atoms with van der Waals surface area (Å²) in [5.41, 5.74) is 0.419. The molecule has 0 aromatic heterocycles. The fourth-order valence-electron chi connectivity index (χ4n) is 2.04. The van der Waals surface area contributed by atoms with Gasteiger partial charge in [0.25, 0.3) is 0 Å². The fraction of sp³-hybridized carbons (Fsp3) is 1.00. The molecule has 0 aromatic carbocycles. The highest BCUT2D eigenvalue weighted by molar-refractivity contribution is 4.80. The average Bonchev–Trinajstić information content (AvgIpc) is 2.04.